The van der Waals surface area contributed by atoms with Crippen molar-refractivity contribution in [1.29, 1.82) is 0 Å². The molecule has 2 aliphatic heterocycles. The zero-order valence-corrected chi connectivity index (χ0v) is 22.8. The zero-order chi connectivity index (χ0) is 25.9. The fourth-order valence-electron chi connectivity index (χ4n) is 4.13. The van der Waals surface area contributed by atoms with E-state index in [4.69, 9.17) is 10.7 Å². The molecule has 1 saturated heterocycles. The molecule has 3 aromatic carbocycles. The van der Waals surface area contributed by atoms with Crippen LogP contribution in [0.2, 0.25) is 0 Å². The Labute approximate surface area is 226 Å². The Morgan fingerprint density at radius 2 is 1.76 bits per heavy atom. The SMILES string of the molecule is CN(C)CCNc1ccc(N)cc1N=C1S/C(=C2\Sc3ccccc3N2C)C(=O)N1Cc1ccccc1. The summed E-state index contributed by atoms with van der Waals surface area (Å²) in [6, 6.07) is 23.9. The van der Waals surface area contributed by atoms with Crippen molar-refractivity contribution in [3.63, 3.8) is 0 Å². The van der Waals surface area contributed by atoms with Crippen LogP contribution in [0.5, 0.6) is 0 Å². The molecule has 0 unspecified atom stereocenters. The van der Waals surface area contributed by atoms with Gasteiger partial charge in [0.05, 0.1) is 28.6 Å². The number of carbonyl (C=O) groups is 1. The maximum atomic E-state index is 13.9. The highest BCUT2D eigenvalue weighted by Crippen LogP contribution is 2.50. The molecule has 3 N–H and O–H groups in total. The van der Waals surface area contributed by atoms with Gasteiger partial charge < -0.3 is 20.9 Å². The quantitative estimate of drug-likeness (QED) is 0.312. The van der Waals surface area contributed by atoms with E-state index >= 15 is 0 Å². The number of amidine groups is 1. The summed E-state index contributed by atoms with van der Waals surface area (Å²) in [6.45, 7) is 2.09. The Morgan fingerprint density at radius 1 is 1.00 bits per heavy atom. The minimum Gasteiger partial charge on any atom is -0.399 e. The summed E-state index contributed by atoms with van der Waals surface area (Å²) in [5, 5.41) is 5.03. The topological polar surface area (TPSA) is 77.2 Å². The Hall–Kier alpha value is -3.40. The molecule has 9 heteroatoms. The number of fused-ring (bicyclic) bond motifs is 1. The van der Waals surface area contributed by atoms with Crippen LogP contribution in [-0.4, -0.2) is 55.1 Å². The first-order valence-corrected chi connectivity index (χ1v) is 13.7. The van der Waals surface area contributed by atoms with Gasteiger partial charge in [-0.15, -0.1) is 0 Å². The number of hydrogen-bond donors (Lipinski definition) is 2. The van der Waals surface area contributed by atoms with E-state index in [1.165, 1.54) is 11.8 Å². The molecular weight excluding hydrogens is 500 g/mol. The fraction of sp³-hybridized carbons (Fsp3) is 0.214. The zero-order valence-electron chi connectivity index (χ0n) is 21.1. The van der Waals surface area contributed by atoms with Crippen LogP contribution < -0.4 is 16.0 Å². The number of para-hydroxylation sites is 1. The van der Waals surface area contributed by atoms with Crippen molar-refractivity contribution >= 4 is 57.3 Å². The van der Waals surface area contributed by atoms with Gasteiger partial charge in [0.1, 0.15) is 4.91 Å². The normalized spacial score (nSPS) is 18.3. The van der Waals surface area contributed by atoms with E-state index in [0.717, 1.165) is 40.0 Å². The van der Waals surface area contributed by atoms with Crippen LogP contribution in [0.25, 0.3) is 0 Å². The summed E-state index contributed by atoms with van der Waals surface area (Å²) in [4.78, 5) is 26.7. The average molecular weight is 531 g/mol. The van der Waals surface area contributed by atoms with Crippen LogP contribution in [0.1, 0.15) is 5.56 Å². The van der Waals surface area contributed by atoms with E-state index in [0.29, 0.717) is 28.0 Å². The second-order valence-electron chi connectivity index (χ2n) is 9.14. The highest BCUT2D eigenvalue weighted by molar-refractivity contribution is 8.19. The third-order valence-corrected chi connectivity index (χ3v) is 8.52. The van der Waals surface area contributed by atoms with E-state index in [2.05, 4.69) is 27.2 Å². The van der Waals surface area contributed by atoms with E-state index in [1.54, 1.807) is 16.7 Å². The van der Waals surface area contributed by atoms with Crippen molar-refractivity contribution in [2.24, 2.45) is 4.99 Å². The predicted octanol–water partition coefficient (Wildman–Crippen LogP) is 5.42. The Balaban J connectivity index is 1.53. The van der Waals surface area contributed by atoms with Crippen LogP contribution in [-0.2, 0) is 11.3 Å². The van der Waals surface area contributed by atoms with Crippen molar-refractivity contribution in [2.75, 3.05) is 50.2 Å². The number of nitrogens with zero attached hydrogens (tertiary/aromatic N) is 4. The first-order chi connectivity index (χ1) is 17.9. The molecular formula is C28H30N6OS2. The molecule has 7 nitrogen and oxygen atoms in total. The Morgan fingerprint density at radius 3 is 2.51 bits per heavy atom. The lowest BCUT2D eigenvalue weighted by Gasteiger charge is -2.17. The Kier molecular flexibility index (Phi) is 7.45. The van der Waals surface area contributed by atoms with Crippen molar-refractivity contribution < 1.29 is 4.79 Å². The summed E-state index contributed by atoms with van der Waals surface area (Å²) < 4.78 is 0. The maximum absolute atomic E-state index is 13.9. The number of benzene rings is 3. The Bertz CT molecular complexity index is 1370. The number of nitrogens with two attached hydrogens (primary N) is 1. The number of aliphatic imine (C=N–C) groups is 1. The number of carbonyl (C=O) groups excluding carboxylic acids is 1. The minimum atomic E-state index is -0.0409. The predicted molar refractivity (Wildman–Crippen MR) is 157 cm³/mol. The van der Waals surface area contributed by atoms with E-state index in [1.807, 2.05) is 81.8 Å². The van der Waals surface area contributed by atoms with Crippen LogP contribution in [0.4, 0.5) is 22.7 Å². The standard InChI is InChI=1S/C28H30N6OS2/c1-32(2)16-15-30-21-14-13-20(29)17-22(21)31-28-34(18-19-9-5-4-6-10-19)26(35)25(37-28)27-33(3)23-11-7-8-12-24(23)36-27/h4-14,17,30H,15-16,18,29H2,1-3H3/b27-25-,31-28?. The number of anilines is 3. The monoisotopic (exact) mass is 530 g/mol. The maximum Gasteiger partial charge on any atom is 0.269 e. The number of thioether (sulfide) groups is 2. The molecule has 0 saturated carbocycles. The molecule has 3 aromatic rings. The number of amides is 1. The van der Waals surface area contributed by atoms with Gasteiger partial charge >= 0.3 is 0 Å². The van der Waals surface area contributed by atoms with Crippen LogP contribution in [0.3, 0.4) is 0 Å². The molecule has 0 spiro atoms. The second kappa shape index (κ2) is 10.9. The summed E-state index contributed by atoms with van der Waals surface area (Å²) in [5.74, 6) is -0.0409. The molecule has 0 aliphatic carbocycles. The molecule has 190 valence electrons. The summed E-state index contributed by atoms with van der Waals surface area (Å²) in [6.07, 6.45) is 0. The molecule has 5 rings (SSSR count). The number of hydrogen-bond acceptors (Lipinski definition) is 8. The van der Waals surface area contributed by atoms with Crippen LogP contribution in [0, 0.1) is 0 Å². The largest absolute Gasteiger partial charge is 0.399 e. The molecule has 0 bridgehead atoms. The highest BCUT2D eigenvalue weighted by atomic mass is 32.2. The number of likely N-dealkylation sites (N-methyl/N-ethyl adjacent to an activating group) is 1. The molecule has 1 amide bonds. The molecule has 0 radical (unpaired) electrons. The third-order valence-electron chi connectivity index (χ3n) is 6.09. The van der Waals surface area contributed by atoms with E-state index in [9.17, 15) is 4.79 Å². The van der Waals surface area contributed by atoms with Gasteiger partial charge in [-0.05, 0) is 61.8 Å². The lowest BCUT2D eigenvalue weighted by molar-refractivity contribution is -0.122. The van der Waals surface area contributed by atoms with Gasteiger partial charge in [-0.1, -0.05) is 54.2 Å². The molecule has 2 heterocycles. The summed E-state index contributed by atoms with van der Waals surface area (Å²) in [7, 11) is 6.09. The first-order valence-electron chi connectivity index (χ1n) is 12.1. The lowest BCUT2D eigenvalue weighted by atomic mass is 10.2. The van der Waals surface area contributed by atoms with Crippen molar-refractivity contribution in [1.82, 2.24) is 9.80 Å². The van der Waals surface area contributed by atoms with Crippen LogP contribution >= 0.6 is 23.5 Å². The van der Waals surface area contributed by atoms with Gasteiger partial charge in [0, 0.05) is 30.7 Å². The smallest absolute Gasteiger partial charge is 0.269 e. The molecule has 1 fully saturated rings. The van der Waals surface area contributed by atoms with Crippen LogP contribution in [0.15, 0.2) is 92.6 Å². The highest BCUT2D eigenvalue weighted by Gasteiger charge is 2.39. The van der Waals surface area contributed by atoms with Crippen molar-refractivity contribution in [3.05, 3.63) is 88.3 Å². The number of rotatable bonds is 7. The average Bonchev–Trinajstić information content (AvgIpc) is 3.37. The molecule has 2 aliphatic rings. The minimum absolute atomic E-state index is 0.0409. The van der Waals surface area contributed by atoms with E-state index in [-0.39, 0.29) is 5.91 Å². The number of nitrogen functional groups attached to an aromatic ring is 1. The number of nitrogens with one attached hydrogen (secondary N) is 1. The van der Waals surface area contributed by atoms with Gasteiger partial charge in [-0.2, -0.15) is 0 Å². The molecule has 0 aromatic heterocycles. The van der Waals surface area contributed by atoms with Crippen molar-refractivity contribution in [2.45, 2.75) is 11.4 Å². The van der Waals surface area contributed by atoms with Gasteiger partial charge in [-0.3, -0.25) is 9.69 Å². The first kappa shape index (κ1) is 25.3. The lowest BCUT2D eigenvalue weighted by Crippen LogP contribution is -2.29. The van der Waals surface area contributed by atoms with Gasteiger partial charge in [0.15, 0.2) is 5.17 Å². The third kappa shape index (κ3) is 5.49. The van der Waals surface area contributed by atoms with Gasteiger partial charge in [0.25, 0.3) is 5.91 Å². The van der Waals surface area contributed by atoms with Crippen molar-refractivity contribution in [3.8, 4) is 0 Å². The fourth-order valence-corrected chi connectivity index (χ4v) is 6.47. The van der Waals surface area contributed by atoms with E-state index < -0.39 is 0 Å². The molecule has 0 atom stereocenters. The second-order valence-corrected chi connectivity index (χ2v) is 11.2. The molecule has 37 heavy (non-hydrogen) atoms. The van der Waals surface area contributed by atoms with Gasteiger partial charge in [0.2, 0.25) is 0 Å². The summed E-state index contributed by atoms with van der Waals surface area (Å²) in [5.41, 5.74) is 10.5. The van der Waals surface area contributed by atoms with Gasteiger partial charge in [-0.25, -0.2) is 4.99 Å². The summed E-state index contributed by atoms with van der Waals surface area (Å²) >= 11 is 3.05.